The second-order valence-corrected chi connectivity index (χ2v) is 5.95. The lowest BCUT2D eigenvalue weighted by atomic mass is 10.2. The molecule has 6 nitrogen and oxygen atoms in total. The number of aromatic nitrogens is 4. The van der Waals surface area contributed by atoms with Gasteiger partial charge in [-0.3, -0.25) is 4.21 Å². The van der Waals surface area contributed by atoms with Crippen molar-refractivity contribution in [2.75, 3.05) is 12.9 Å². The second-order valence-electron chi connectivity index (χ2n) is 4.32. The highest BCUT2D eigenvalue weighted by molar-refractivity contribution is 7.84. The number of methoxy groups -OCH3 is 1. The summed E-state index contributed by atoms with van der Waals surface area (Å²) in [5.41, 5.74) is 2.62. The molecule has 7 heteroatoms. The van der Waals surface area contributed by atoms with Crippen molar-refractivity contribution in [2.24, 2.45) is 0 Å². The summed E-state index contributed by atoms with van der Waals surface area (Å²) in [6, 6.07) is 7.55. The lowest BCUT2D eigenvalue weighted by molar-refractivity contribution is 0.398. The molecule has 0 amide bonds. The summed E-state index contributed by atoms with van der Waals surface area (Å²) in [5, 5.41) is 4.71. The standard InChI is InChI=1S/C14H14N4O2S/c1-3-21(19)14-16-9-11-5-6-12(18(11)17-14)10-4-7-13(20-2)15-8-10/h4-9H,3H2,1-2H3. The molecule has 0 aromatic carbocycles. The van der Waals surface area contributed by atoms with E-state index in [1.807, 2.05) is 25.1 Å². The maximum Gasteiger partial charge on any atom is 0.237 e. The van der Waals surface area contributed by atoms with Gasteiger partial charge in [0.1, 0.15) is 0 Å². The van der Waals surface area contributed by atoms with Crippen molar-refractivity contribution in [2.45, 2.75) is 12.1 Å². The van der Waals surface area contributed by atoms with E-state index >= 15 is 0 Å². The Morgan fingerprint density at radius 2 is 2.05 bits per heavy atom. The van der Waals surface area contributed by atoms with Crippen LogP contribution >= 0.6 is 0 Å². The van der Waals surface area contributed by atoms with Gasteiger partial charge in [0.25, 0.3) is 0 Å². The number of rotatable bonds is 4. The summed E-state index contributed by atoms with van der Waals surface area (Å²) in [7, 11) is 0.399. The highest BCUT2D eigenvalue weighted by Crippen LogP contribution is 2.22. The quantitative estimate of drug-likeness (QED) is 0.736. The van der Waals surface area contributed by atoms with Crippen molar-refractivity contribution in [1.82, 2.24) is 19.6 Å². The Morgan fingerprint density at radius 3 is 2.71 bits per heavy atom. The SMILES string of the molecule is CCS(=O)c1ncc2ccc(-c3ccc(OC)nc3)n2n1. The number of pyridine rings is 1. The molecule has 1 atom stereocenters. The van der Waals surface area contributed by atoms with Crippen LogP contribution in [0.4, 0.5) is 0 Å². The molecule has 0 fully saturated rings. The maximum atomic E-state index is 11.9. The summed E-state index contributed by atoms with van der Waals surface area (Å²) in [6.45, 7) is 1.84. The Hall–Kier alpha value is -2.28. The van der Waals surface area contributed by atoms with Gasteiger partial charge in [0.15, 0.2) is 0 Å². The summed E-state index contributed by atoms with van der Waals surface area (Å²) in [5.74, 6) is 1.05. The predicted octanol–water partition coefficient (Wildman–Crippen LogP) is 1.93. The molecule has 3 rings (SSSR count). The van der Waals surface area contributed by atoms with E-state index < -0.39 is 10.8 Å². The van der Waals surface area contributed by atoms with Crippen molar-refractivity contribution in [3.8, 4) is 17.1 Å². The molecule has 0 aliphatic carbocycles. The second kappa shape index (κ2) is 5.61. The Morgan fingerprint density at radius 1 is 1.19 bits per heavy atom. The van der Waals surface area contributed by atoms with E-state index in [4.69, 9.17) is 4.74 Å². The van der Waals surface area contributed by atoms with Crippen LogP contribution in [0.5, 0.6) is 5.88 Å². The Bertz CT molecular complexity index is 798. The minimum Gasteiger partial charge on any atom is -0.481 e. The van der Waals surface area contributed by atoms with Crippen LogP contribution in [0.15, 0.2) is 41.8 Å². The van der Waals surface area contributed by atoms with Gasteiger partial charge in [-0.15, -0.1) is 5.10 Å². The largest absolute Gasteiger partial charge is 0.481 e. The monoisotopic (exact) mass is 302 g/mol. The van der Waals surface area contributed by atoms with E-state index in [1.165, 1.54) is 0 Å². The molecule has 0 saturated carbocycles. The van der Waals surface area contributed by atoms with Gasteiger partial charge < -0.3 is 4.74 Å². The first-order valence-corrected chi connectivity index (χ1v) is 7.78. The molecule has 3 heterocycles. The molecule has 108 valence electrons. The molecule has 0 aliphatic heterocycles. The number of hydrogen-bond donors (Lipinski definition) is 0. The van der Waals surface area contributed by atoms with Gasteiger partial charge in [-0.2, -0.15) is 0 Å². The number of ether oxygens (including phenoxy) is 1. The molecule has 0 aliphatic rings. The third-order valence-electron chi connectivity index (χ3n) is 3.08. The highest BCUT2D eigenvalue weighted by atomic mass is 32.2. The molecule has 3 aromatic heterocycles. The average molecular weight is 302 g/mol. The van der Waals surface area contributed by atoms with E-state index in [0.717, 1.165) is 16.8 Å². The minimum atomic E-state index is -1.18. The van der Waals surface area contributed by atoms with E-state index in [0.29, 0.717) is 16.8 Å². The lowest BCUT2D eigenvalue weighted by Gasteiger charge is -2.04. The molecule has 1 unspecified atom stereocenters. The molecule has 0 bridgehead atoms. The zero-order valence-corrected chi connectivity index (χ0v) is 12.5. The smallest absolute Gasteiger partial charge is 0.237 e. The zero-order valence-electron chi connectivity index (χ0n) is 11.7. The number of hydrogen-bond acceptors (Lipinski definition) is 5. The fraction of sp³-hybridized carbons (Fsp3) is 0.214. The molecule has 21 heavy (non-hydrogen) atoms. The fourth-order valence-electron chi connectivity index (χ4n) is 1.99. The third-order valence-corrected chi connectivity index (χ3v) is 4.20. The van der Waals surface area contributed by atoms with Gasteiger partial charge in [0.05, 0.1) is 35.3 Å². The van der Waals surface area contributed by atoms with Crippen molar-refractivity contribution in [3.05, 3.63) is 36.7 Å². The van der Waals surface area contributed by atoms with E-state index in [1.54, 1.807) is 30.1 Å². The molecule has 0 saturated heterocycles. The van der Waals surface area contributed by atoms with Crippen molar-refractivity contribution >= 4 is 16.3 Å². The molecule has 0 N–H and O–H groups in total. The normalized spacial score (nSPS) is 12.5. The van der Waals surface area contributed by atoms with Gasteiger partial charge in [0.2, 0.25) is 11.0 Å². The fourth-order valence-corrected chi connectivity index (χ4v) is 2.59. The summed E-state index contributed by atoms with van der Waals surface area (Å²) < 4.78 is 18.6. The topological polar surface area (TPSA) is 69.4 Å². The summed E-state index contributed by atoms with van der Waals surface area (Å²) >= 11 is 0. The molecule has 0 radical (unpaired) electrons. The van der Waals surface area contributed by atoms with Crippen LogP contribution in [0.2, 0.25) is 0 Å². The Balaban J connectivity index is 2.11. The van der Waals surface area contributed by atoms with E-state index in [2.05, 4.69) is 15.1 Å². The van der Waals surface area contributed by atoms with E-state index in [9.17, 15) is 4.21 Å². The van der Waals surface area contributed by atoms with Gasteiger partial charge >= 0.3 is 0 Å². The molecule has 3 aromatic rings. The summed E-state index contributed by atoms with van der Waals surface area (Å²) in [6.07, 6.45) is 3.40. The highest BCUT2D eigenvalue weighted by Gasteiger charge is 2.10. The van der Waals surface area contributed by atoms with Crippen LogP contribution in [0.25, 0.3) is 16.8 Å². The first-order chi connectivity index (χ1) is 10.2. The average Bonchev–Trinajstić information content (AvgIpc) is 2.97. The van der Waals surface area contributed by atoms with Crippen molar-refractivity contribution in [1.29, 1.82) is 0 Å². The maximum absolute atomic E-state index is 11.9. The molecule has 0 spiro atoms. The predicted molar refractivity (Wildman–Crippen MR) is 79.7 cm³/mol. The zero-order chi connectivity index (χ0) is 14.8. The van der Waals surface area contributed by atoms with Gasteiger partial charge in [-0.05, 0) is 18.2 Å². The molecular weight excluding hydrogens is 288 g/mol. The van der Waals surface area contributed by atoms with Crippen LogP contribution in [0, 0.1) is 0 Å². The lowest BCUT2D eigenvalue weighted by Crippen LogP contribution is -2.05. The third kappa shape index (κ3) is 2.52. The number of fused-ring (bicyclic) bond motifs is 1. The number of nitrogens with zero attached hydrogens (tertiary/aromatic N) is 4. The van der Waals surface area contributed by atoms with Crippen molar-refractivity contribution < 1.29 is 8.95 Å². The first-order valence-electron chi connectivity index (χ1n) is 6.46. The van der Waals surface area contributed by atoms with E-state index in [-0.39, 0.29) is 0 Å². The Labute approximate surface area is 124 Å². The van der Waals surface area contributed by atoms with Gasteiger partial charge in [-0.1, -0.05) is 6.92 Å². The first kappa shape index (κ1) is 13.7. The molecular formula is C14H14N4O2S. The van der Waals surface area contributed by atoms with Crippen LogP contribution < -0.4 is 4.74 Å². The van der Waals surface area contributed by atoms with Gasteiger partial charge in [0, 0.05) is 23.6 Å². The van der Waals surface area contributed by atoms with Crippen LogP contribution in [0.1, 0.15) is 6.92 Å². The summed E-state index contributed by atoms with van der Waals surface area (Å²) in [4.78, 5) is 8.34. The van der Waals surface area contributed by atoms with Crippen LogP contribution in [0.3, 0.4) is 0 Å². The Kier molecular flexibility index (Phi) is 3.66. The van der Waals surface area contributed by atoms with Crippen molar-refractivity contribution in [3.63, 3.8) is 0 Å². The minimum absolute atomic E-state index is 0.337. The van der Waals surface area contributed by atoms with Crippen LogP contribution in [-0.2, 0) is 10.8 Å². The van der Waals surface area contributed by atoms with Gasteiger partial charge in [-0.25, -0.2) is 14.5 Å². The van der Waals surface area contributed by atoms with Crippen LogP contribution in [-0.4, -0.2) is 36.7 Å².